The largest absolute Gasteiger partial charge is 0.464 e. The number of carbonyl (C=O) groups excluding carboxylic acids is 4. The highest BCUT2D eigenvalue weighted by atomic mass is 32.1. The Morgan fingerprint density at radius 1 is 0.816 bits per heavy atom. The minimum Gasteiger partial charge on any atom is -0.464 e. The first-order chi connectivity index (χ1) is 36.5. The van der Waals surface area contributed by atoms with Gasteiger partial charge >= 0.3 is 12.2 Å². The Morgan fingerprint density at radius 2 is 1.47 bits per heavy atom. The lowest BCUT2D eigenvalue weighted by molar-refractivity contribution is -0.138. The molecule has 1 aliphatic carbocycles. The van der Waals surface area contributed by atoms with Crippen molar-refractivity contribution < 1.29 is 42.5 Å². The van der Waals surface area contributed by atoms with Gasteiger partial charge in [0, 0.05) is 73.4 Å². The van der Waals surface area contributed by atoms with Crippen molar-refractivity contribution in [3.63, 3.8) is 0 Å². The molecule has 0 radical (unpaired) electrons. The maximum Gasteiger partial charge on any atom is 0.407 e. The zero-order valence-corrected chi connectivity index (χ0v) is 45.4. The van der Waals surface area contributed by atoms with E-state index in [9.17, 15) is 19.2 Å². The lowest BCUT2D eigenvalue weighted by atomic mass is 9.82. The van der Waals surface area contributed by atoms with E-state index in [1.54, 1.807) is 23.6 Å². The van der Waals surface area contributed by atoms with Crippen LogP contribution in [0.2, 0.25) is 0 Å². The number of carbonyl (C=O) groups is 4. The van der Waals surface area contributed by atoms with Gasteiger partial charge < -0.3 is 39.4 Å². The van der Waals surface area contributed by atoms with Gasteiger partial charge in [-0.2, -0.15) is 0 Å². The monoisotopic (exact) mass is 1060 g/mol. The minimum atomic E-state index is -0.748. The molecular formula is C58H69FN8O8S. The van der Waals surface area contributed by atoms with Crippen LogP contribution in [0.5, 0.6) is 5.75 Å². The molecule has 2 aromatic heterocycles. The number of nitrogens with one attached hydrogen (secondary N) is 2. The summed E-state index contributed by atoms with van der Waals surface area (Å²) in [4.78, 5) is 72.8. The standard InChI is InChI=1S/C58H69FN8O8S/c1-32(2)49(63-55(70)72-6)51(68)65-19-10-12-43(65)41-25-38(30-61-41)35-23-39(59)48-45-26-36-22-33(14-15-42(36)67(45)53(75-46(48)27-35)47-31-62-54(76-47)58(5)17-8-9-18-58)37-24-40(60-29-37)44-13-11-20-66(44)52(69)50(64-56(71)73-7)34-16-21-74-57(3,4)28-34/h14-15,22-23,26-27,29-32,34,43-44,49-50,53H,8-13,16-21,24-25,28H2,1-7H3,(H,63,70)(H,64,71)/t34?,43-,44-,49-,50?,53?/m0/s1. The zero-order chi connectivity index (χ0) is 53.2. The van der Waals surface area contributed by atoms with Gasteiger partial charge in [0.05, 0.1) is 58.6 Å². The molecule has 2 aromatic carbocycles. The van der Waals surface area contributed by atoms with Crippen molar-refractivity contribution in [2.75, 3.05) is 33.9 Å². The lowest BCUT2D eigenvalue weighted by Gasteiger charge is -2.40. The molecule has 7 aliphatic rings. The Bertz CT molecular complexity index is 3110. The average molecular weight is 1060 g/mol. The molecule has 6 aliphatic heterocycles. The maximum absolute atomic E-state index is 17.2. The second-order valence-corrected chi connectivity index (χ2v) is 24.0. The molecule has 16 nitrogen and oxygen atoms in total. The first-order valence-electron chi connectivity index (χ1n) is 27.1. The van der Waals surface area contributed by atoms with E-state index in [0.29, 0.717) is 68.0 Å². The summed E-state index contributed by atoms with van der Waals surface area (Å²) in [7, 11) is 2.60. The minimum absolute atomic E-state index is 0.00655. The summed E-state index contributed by atoms with van der Waals surface area (Å²) >= 11 is 1.67. The number of hydrogen-bond donors (Lipinski definition) is 2. The summed E-state index contributed by atoms with van der Waals surface area (Å²) < 4.78 is 42.1. The van der Waals surface area contributed by atoms with Crippen LogP contribution in [0.3, 0.4) is 0 Å². The van der Waals surface area contributed by atoms with E-state index in [4.69, 9.17) is 33.9 Å². The number of halogens is 1. The van der Waals surface area contributed by atoms with Crippen LogP contribution in [0, 0.1) is 17.7 Å². The molecule has 2 N–H and O–H groups in total. The molecule has 0 bridgehead atoms. The fourth-order valence-corrected chi connectivity index (χ4v) is 14.1. The van der Waals surface area contributed by atoms with Crippen molar-refractivity contribution in [2.45, 2.75) is 153 Å². The van der Waals surface area contributed by atoms with Crippen molar-refractivity contribution in [2.24, 2.45) is 21.8 Å². The van der Waals surface area contributed by atoms with Crippen molar-refractivity contribution in [1.82, 2.24) is 30.0 Å². The number of methoxy groups -OCH3 is 2. The Balaban J connectivity index is 0.864. The van der Waals surface area contributed by atoms with Crippen LogP contribution in [0.15, 0.2) is 65.0 Å². The molecule has 402 valence electrons. The highest BCUT2D eigenvalue weighted by Crippen LogP contribution is 2.50. The zero-order valence-electron chi connectivity index (χ0n) is 44.6. The Labute approximate surface area is 447 Å². The van der Waals surface area contributed by atoms with Crippen molar-refractivity contribution in [3.05, 3.63) is 81.8 Å². The van der Waals surface area contributed by atoms with Crippen molar-refractivity contribution >= 4 is 68.8 Å². The summed E-state index contributed by atoms with van der Waals surface area (Å²) in [6, 6.07) is 9.90. The third-order valence-corrected chi connectivity index (χ3v) is 18.4. The predicted octanol–water partition coefficient (Wildman–Crippen LogP) is 10.3. The molecule has 4 amide bonds. The van der Waals surface area contributed by atoms with Crippen LogP contribution in [0.25, 0.3) is 33.3 Å². The molecule has 76 heavy (non-hydrogen) atoms. The number of fused-ring (bicyclic) bond motifs is 5. The normalized spacial score (nSPS) is 24.3. The first-order valence-corrected chi connectivity index (χ1v) is 27.9. The predicted molar refractivity (Wildman–Crippen MR) is 290 cm³/mol. The van der Waals surface area contributed by atoms with Gasteiger partial charge in [-0.3, -0.25) is 24.1 Å². The van der Waals surface area contributed by atoms with Gasteiger partial charge in [-0.15, -0.1) is 11.3 Å². The van der Waals surface area contributed by atoms with E-state index >= 15 is 4.39 Å². The molecule has 0 spiro atoms. The second-order valence-electron chi connectivity index (χ2n) is 22.9. The number of likely N-dealkylation sites (tertiary alicyclic amines) is 2. The van der Waals surface area contributed by atoms with Crippen LogP contribution < -0.4 is 15.4 Å². The van der Waals surface area contributed by atoms with Crippen LogP contribution in [-0.4, -0.2) is 118 Å². The molecule has 18 heteroatoms. The average Bonchev–Trinajstić information content (AvgIpc) is 4.27. The maximum atomic E-state index is 17.2. The Morgan fingerprint density at radius 3 is 2.13 bits per heavy atom. The molecule has 8 heterocycles. The molecular weight excluding hydrogens is 988 g/mol. The first kappa shape index (κ1) is 51.7. The molecule has 4 fully saturated rings. The van der Waals surface area contributed by atoms with Crippen LogP contribution in [0.1, 0.15) is 139 Å². The number of aliphatic imine (C=N–C) groups is 2. The highest BCUT2D eigenvalue weighted by Gasteiger charge is 2.45. The third kappa shape index (κ3) is 9.61. The molecule has 6 atom stereocenters. The Kier molecular flexibility index (Phi) is 14.0. The van der Waals surface area contributed by atoms with Gasteiger partial charge in [0.2, 0.25) is 18.0 Å². The lowest BCUT2D eigenvalue weighted by Crippen LogP contribution is -2.56. The molecule has 3 saturated heterocycles. The third-order valence-electron chi connectivity index (χ3n) is 17.0. The number of amides is 4. The number of allylic oxidation sites excluding steroid dienone is 2. The summed E-state index contributed by atoms with van der Waals surface area (Å²) in [5.41, 5.74) is 6.75. The van der Waals surface area contributed by atoms with E-state index in [1.165, 1.54) is 27.1 Å². The number of hydrogen-bond acceptors (Lipinski definition) is 12. The Hall–Kier alpha value is -6.40. The van der Waals surface area contributed by atoms with E-state index < -0.39 is 41.9 Å². The van der Waals surface area contributed by atoms with Gasteiger partial charge in [0.25, 0.3) is 0 Å². The number of thiazole rings is 1. The fraction of sp³-hybridized carbons (Fsp3) is 0.534. The molecule has 3 unspecified atom stereocenters. The van der Waals surface area contributed by atoms with E-state index in [1.807, 2.05) is 56.0 Å². The quantitative estimate of drug-likeness (QED) is 0.140. The van der Waals surface area contributed by atoms with Crippen LogP contribution in [-0.2, 0) is 29.2 Å². The molecule has 4 aromatic rings. The summed E-state index contributed by atoms with van der Waals surface area (Å²) in [6.45, 7) is 11.7. The van der Waals surface area contributed by atoms with Crippen LogP contribution in [0.4, 0.5) is 14.0 Å². The number of aromatic nitrogens is 2. The van der Waals surface area contributed by atoms with Gasteiger partial charge in [0.15, 0.2) is 0 Å². The topological polar surface area (TPSA) is 178 Å². The van der Waals surface area contributed by atoms with Gasteiger partial charge in [-0.05, 0) is 130 Å². The van der Waals surface area contributed by atoms with E-state index in [-0.39, 0.29) is 41.1 Å². The summed E-state index contributed by atoms with van der Waals surface area (Å²) in [5.74, 6) is -0.559. The number of alkyl carbamates (subject to hydrolysis) is 2. The van der Waals surface area contributed by atoms with E-state index in [2.05, 4.69) is 46.4 Å². The van der Waals surface area contributed by atoms with Crippen LogP contribution >= 0.6 is 11.3 Å². The summed E-state index contributed by atoms with van der Waals surface area (Å²) in [6.07, 6.45) is 13.6. The second kappa shape index (κ2) is 20.5. The van der Waals surface area contributed by atoms with Crippen molar-refractivity contribution in [3.8, 4) is 17.0 Å². The SMILES string of the molecule is COC(=O)NC(C(=O)N1CCC[C@H]1C1=NC=C(c2ccc3c(c2)cc2n3C(c3cnc(C4(C)CCCC4)s3)Oc3cc(C4=CN=C([C@@H]5CCCN5C(=O)[C@@H](NC(=O)OC)C(C)C)C4)cc(F)c3-2)C1)C1CCOC(C)(C)C1. The fourth-order valence-electron chi connectivity index (χ4n) is 13.0. The highest BCUT2D eigenvalue weighted by molar-refractivity contribution is 7.11. The smallest absolute Gasteiger partial charge is 0.407 e. The van der Waals surface area contributed by atoms with E-state index in [0.717, 1.165) is 87.4 Å². The van der Waals surface area contributed by atoms with Gasteiger partial charge in [-0.25, -0.2) is 19.0 Å². The van der Waals surface area contributed by atoms with Crippen molar-refractivity contribution in [1.29, 1.82) is 0 Å². The summed E-state index contributed by atoms with van der Waals surface area (Å²) in [5, 5.41) is 7.61. The molecule has 1 saturated carbocycles. The number of benzene rings is 2. The number of rotatable bonds is 12. The van der Waals surface area contributed by atoms with Gasteiger partial charge in [0.1, 0.15) is 23.7 Å². The van der Waals surface area contributed by atoms with Gasteiger partial charge in [-0.1, -0.05) is 39.7 Å². The molecule has 11 rings (SSSR count). The number of ether oxygens (including phenoxy) is 4. The number of nitrogens with zero attached hydrogens (tertiary/aromatic N) is 6.